The molecule has 1 amide bonds. The molecule has 0 aliphatic heterocycles. The van der Waals surface area contributed by atoms with Crippen LogP contribution < -0.4 is 10.2 Å². The predicted molar refractivity (Wildman–Crippen MR) is 112 cm³/mol. The molecule has 0 saturated heterocycles. The van der Waals surface area contributed by atoms with Crippen molar-refractivity contribution in [2.45, 2.75) is 32.1 Å². The van der Waals surface area contributed by atoms with Gasteiger partial charge in [0.1, 0.15) is 0 Å². The van der Waals surface area contributed by atoms with E-state index in [4.69, 9.17) is 10.2 Å². The highest BCUT2D eigenvalue weighted by Crippen LogP contribution is 2.26. The van der Waals surface area contributed by atoms with Gasteiger partial charge in [-0.1, -0.05) is 18.6 Å². The van der Waals surface area contributed by atoms with Gasteiger partial charge in [-0.25, -0.2) is 9.59 Å². The van der Waals surface area contributed by atoms with Crippen molar-refractivity contribution in [3.63, 3.8) is 0 Å². The maximum atomic E-state index is 12.3. The average molecular weight is 398 g/mol. The first-order valence-corrected chi connectivity index (χ1v) is 9.44. The van der Waals surface area contributed by atoms with Gasteiger partial charge in [0, 0.05) is 20.5 Å². The van der Waals surface area contributed by atoms with Gasteiger partial charge in [0.05, 0.1) is 22.5 Å². The summed E-state index contributed by atoms with van der Waals surface area (Å²) in [5.74, 6) is -2.13. The Morgan fingerprint density at radius 1 is 0.862 bits per heavy atom. The SMILES string of the molecule is CN(C)c1ccc(C(=O)O)cc1NC(=O)CCCCCc1ccc(C(=O)O)cc1. The quantitative estimate of drug-likeness (QED) is 0.524. The molecule has 2 aromatic rings. The Morgan fingerprint density at radius 2 is 1.48 bits per heavy atom. The number of nitrogens with one attached hydrogen (secondary N) is 1. The van der Waals surface area contributed by atoms with Crippen molar-refractivity contribution >= 4 is 29.2 Å². The number of hydrogen-bond acceptors (Lipinski definition) is 4. The first kappa shape index (κ1) is 21.9. The standard InChI is InChI=1S/C22H26N2O5/c1-24(2)19-13-12-17(22(28)29)14-18(19)23-20(25)7-5-3-4-6-15-8-10-16(11-9-15)21(26)27/h8-14H,3-7H2,1-2H3,(H,23,25)(H,26,27)(H,28,29). The lowest BCUT2D eigenvalue weighted by atomic mass is 10.0. The van der Waals surface area contributed by atoms with Crippen molar-refractivity contribution in [2.24, 2.45) is 0 Å². The smallest absolute Gasteiger partial charge is 0.335 e. The molecule has 154 valence electrons. The van der Waals surface area contributed by atoms with E-state index >= 15 is 0 Å². The zero-order valence-electron chi connectivity index (χ0n) is 16.6. The third-order valence-corrected chi connectivity index (χ3v) is 4.57. The maximum Gasteiger partial charge on any atom is 0.335 e. The van der Waals surface area contributed by atoms with E-state index in [1.807, 2.05) is 31.1 Å². The first-order chi connectivity index (χ1) is 13.8. The highest BCUT2D eigenvalue weighted by molar-refractivity contribution is 5.97. The van der Waals surface area contributed by atoms with E-state index < -0.39 is 11.9 Å². The normalized spacial score (nSPS) is 10.4. The molecule has 0 atom stereocenters. The highest BCUT2D eigenvalue weighted by Gasteiger charge is 2.12. The number of carboxylic acids is 2. The predicted octanol–water partition coefficient (Wildman–Crippen LogP) is 3.89. The van der Waals surface area contributed by atoms with Gasteiger partial charge in [-0.3, -0.25) is 4.79 Å². The molecule has 0 spiro atoms. The van der Waals surface area contributed by atoms with Gasteiger partial charge in [0.25, 0.3) is 0 Å². The van der Waals surface area contributed by atoms with Gasteiger partial charge in [-0.05, 0) is 55.2 Å². The van der Waals surface area contributed by atoms with Gasteiger partial charge < -0.3 is 20.4 Å². The minimum absolute atomic E-state index is 0.125. The van der Waals surface area contributed by atoms with Crippen LogP contribution in [0.15, 0.2) is 42.5 Å². The fourth-order valence-corrected chi connectivity index (χ4v) is 2.98. The molecule has 29 heavy (non-hydrogen) atoms. The second kappa shape index (κ2) is 10.3. The summed E-state index contributed by atoms with van der Waals surface area (Å²) in [4.78, 5) is 36.1. The lowest BCUT2D eigenvalue weighted by Gasteiger charge is -2.18. The number of aromatic carboxylic acids is 2. The van der Waals surface area contributed by atoms with E-state index in [1.54, 1.807) is 18.2 Å². The number of nitrogens with zero attached hydrogens (tertiary/aromatic N) is 1. The number of rotatable bonds is 10. The molecule has 0 saturated carbocycles. The number of anilines is 2. The molecule has 0 unspecified atom stereocenters. The fraction of sp³-hybridized carbons (Fsp3) is 0.318. The average Bonchev–Trinajstić information content (AvgIpc) is 2.67. The van der Waals surface area contributed by atoms with Crippen molar-refractivity contribution < 1.29 is 24.6 Å². The molecule has 0 bridgehead atoms. The number of carboxylic acid groups (broad SMARTS) is 2. The zero-order chi connectivity index (χ0) is 21.4. The van der Waals surface area contributed by atoms with Crippen molar-refractivity contribution in [3.8, 4) is 0 Å². The van der Waals surface area contributed by atoms with Crippen molar-refractivity contribution in [3.05, 3.63) is 59.2 Å². The number of amides is 1. The summed E-state index contributed by atoms with van der Waals surface area (Å²) < 4.78 is 0. The number of benzene rings is 2. The second-order valence-electron chi connectivity index (χ2n) is 7.04. The molecule has 0 fully saturated rings. The van der Waals surface area contributed by atoms with Crippen LogP contribution in [0.25, 0.3) is 0 Å². The van der Waals surface area contributed by atoms with Crippen molar-refractivity contribution in [2.75, 3.05) is 24.3 Å². The van der Waals surface area contributed by atoms with Crippen molar-refractivity contribution in [1.29, 1.82) is 0 Å². The van der Waals surface area contributed by atoms with Crippen LogP contribution in [-0.2, 0) is 11.2 Å². The Bertz CT molecular complexity index is 875. The second-order valence-corrected chi connectivity index (χ2v) is 7.04. The van der Waals surface area contributed by atoms with Gasteiger partial charge in [-0.15, -0.1) is 0 Å². The molecule has 0 heterocycles. The third kappa shape index (κ3) is 6.64. The minimum Gasteiger partial charge on any atom is -0.478 e. The topological polar surface area (TPSA) is 107 Å². The summed E-state index contributed by atoms with van der Waals surface area (Å²) in [6.07, 6.45) is 3.66. The van der Waals surface area contributed by atoms with E-state index in [0.717, 1.165) is 36.9 Å². The van der Waals surface area contributed by atoms with Crippen LogP contribution >= 0.6 is 0 Å². The largest absolute Gasteiger partial charge is 0.478 e. The number of aryl methyl sites for hydroxylation is 1. The monoisotopic (exact) mass is 398 g/mol. The summed E-state index contributed by atoms with van der Waals surface area (Å²) in [6.45, 7) is 0. The van der Waals surface area contributed by atoms with Crippen molar-refractivity contribution in [1.82, 2.24) is 0 Å². The Morgan fingerprint density at radius 3 is 2.07 bits per heavy atom. The molecule has 3 N–H and O–H groups in total. The molecule has 2 rings (SSSR count). The molecule has 7 nitrogen and oxygen atoms in total. The van der Waals surface area contributed by atoms with Crippen LogP contribution in [0.4, 0.5) is 11.4 Å². The molecule has 2 aromatic carbocycles. The summed E-state index contributed by atoms with van der Waals surface area (Å²) in [5.41, 5.74) is 2.70. The van der Waals surface area contributed by atoms with Gasteiger partial charge in [0.15, 0.2) is 0 Å². The van der Waals surface area contributed by atoms with E-state index in [2.05, 4.69) is 5.32 Å². The zero-order valence-corrected chi connectivity index (χ0v) is 16.6. The maximum absolute atomic E-state index is 12.3. The lowest BCUT2D eigenvalue weighted by Crippen LogP contribution is -2.17. The van der Waals surface area contributed by atoms with E-state index in [0.29, 0.717) is 12.1 Å². The van der Waals surface area contributed by atoms with Crippen LogP contribution in [0, 0.1) is 0 Å². The summed E-state index contributed by atoms with van der Waals surface area (Å²) in [6, 6.07) is 11.5. The number of unbranched alkanes of at least 4 members (excludes halogenated alkanes) is 2. The van der Waals surface area contributed by atoms with E-state index in [9.17, 15) is 14.4 Å². The summed E-state index contributed by atoms with van der Waals surface area (Å²) in [5, 5.41) is 20.9. The van der Waals surface area contributed by atoms with Crippen LogP contribution in [0.2, 0.25) is 0 Å². The number of carbonyl (C=O) groups is 3. The fourth-order valence-electron chi connectivity index (χ4n) is 2.98. The lowest BCUT2D eigenvalue weighted by molar-refractivity contribution is -0.116. The van der Waals surface area contributed by atoms with Crippen LogP contribution in [0.3, 0.4) is 0 Å². The molecule has 0 aromatic heterocycles. The summed E-state index contributed by atoms with van der Waals surface area (Å²) >= 11 is 0. The van der Waals surface area contributed by atoms with Crippen LogP contribution in [0.5, 0.6) is 0 Å². The molecule has 0 aliphatic rings. The highest BCUT2D eigenvalue weighted by atomic mass is 16.4. The Kier molecular flexibility index (Phi) is 7.77. The molecule has 0 radical (unpaired) electrons. The molecular weight excluding hydrogens is 372 g/mol. The summed E-state index contributed by atoms with van der Waals surface area (Å²) in [7, 11) is 3.66. The molecule has 7 heteroatoms. The third-order valence-electron chi connectivity index (χ3n) is 4.57. The number of carbonyl (C=O) groups excluding carboxylic acids is 1. The molecule has 0 aliphatic carbocycles. The van der Waals surface area contributed by atoms with Gasteiger partial charge in [0.2, 0.25) is 5.91 Å². The Labute approximate surface area is 170 Å². The Hall–Kier alpha value is -3.35. The van der Waals surface area contributed by atoms with Crippen LogP contribution in [-0.4, -0.2) is 42.2 Å². The first-order valence-electron chi connectivity index (χ1n) is 9.44. The molecular formula is C22H26N2O5. The number of hydrogen-bond donors (Lipinski definition) is 3. The van der Waals surface area contributed by atoms with Crippen LogP contribution in [0.1, 0.15) is 52.0 Å². The Balaban J connectivity index is 1.80. The van der Waals surface area contributed by atoms with E-state index in [1.165, 1.54) is 12.1 Å². The van der Waals surface area contributed by atoms with Gasteiger partial charge in [-0.2, -0.15) is 0 Å². The van der Waals surface area contributed by atoms with E-state index in [-0.39, 0.29) is 17.0 Å². The van der Waals surface area contributed by atoms with Gasteiger partial charge >= 0.3 is 11.9 Å². The minimum atomic E-state index is -1.04.